The number of rotatable bonds is 12. The Labute approximate surface area is 139 Å². The second kappa shape index (κ2) is 11.7. The summed E-state index contributed by atoms with van der Waals surface area (Å²) in [7, 11) is 0. The number of aliphatic hydroxyl groups excluding tert-OH is 1. The van der Waals surface area contributed by atoms with E-state index in [2.05, 4.69) is 13.5 Å². The third-order valence-electron chi connectivity index (χ3n) is 3.62. The summed E-state index contributed by atoms with van der Waals surface area (Å²) in [6, 6.07) is 9.39. The zero-order valence-electron chi connectivity index (χ0n) is 13.9. The predicted octanol–water partition coefficient (Wildman–Crippen LogP) is 3.88. The first-order valence-corrected chi connectivity index (χ1v) is 8.36. The molecular weight excluding hydrogens is 292 g/mol. The first-order chi connectivity index (χ1) is 11.2. The van der Waals surface area contributed by atoms with Crippen LogP contribution in [-0.2, 0) is 9.53 Å². The van der Waals surface area contributed by atoms with Gasteiger partial charge in [0.25, 0.3) is 0 Å². The van der Waals surface area contributed by atoms with Gasteiger partial charge in [0.15, 0.2) is 0 Å². The van der Waals surface area contributed by atoms with Crippen LogP contribution < -0.4 is 4.74 Å². The molecule has 0 aliphatic carbocycles. The van der Waals surface area contributed by atoms with E-state index in [4.69, 9.17) is 9.47 Å². The van der Waals surface area contributed by atoms with Crippen LogP contribution in [-0.4, -0.2) is 29.9 Å². The normalized spacial score (nSPS) is 13.1. The van der Waals surface area contributed by atoms with Crippen molar-refractivity contribution in [2.75, 3.05) is 6.61 Å². The summed E-state index contributed by atoms with van der Waals surface area (Å²) >= 11 is 0. The highest BCUT2D eigenvalue weighted by Gasteiger charge is 2.22. The molecule has 0 bridgehead atoms. The molecule has 0 aromatic heterocycles. The molecule has 4 nitrogen and oxygen atoms in total. The van der Waals surface area contributed by atoms with Crippen molar-refractivity contribution >= 4 is 5.97 Å². The summed E-state index contributed by atoms with van der Waals surface area (Å²) < 4.78 is 10.8. The van der Waals surface area contributed by atoms with Gasteiger partial charge < -0.3 is 14.6 Å². The number of hydrogen-bond acceptors (Lipinski definition) is 4. The quantitative estimate of drug-likeness (QED) is 0.361. The molecule has 0 aliphatic heterocycles. The molecule has 1 aromatic rings. The van der Waals surface area contributed by atoms with Gasteiger partial charge in [-0.3, -0.25) is 0 Å². The minimum absolute atomic E-state index is 0.0860. The second-order valence-electron chi connectivity index (χ2n) is 5.57. The van der Waals surface area contributed by atoms with Crippen LogP contribution in [0.3, 0.4) is 0 Å². The van der Waals surface area contributed by atoms with E-state index in [1.54, 1.807) is 0 Å². The van der Waals surface area contributed by atoms with Crippen molar-refractivity contribution in [1.29, 1.82) is 0 Å². The molecule has 0 aliphatic rings. The smallest absolute Gasteiger partial charge is 0.330 e. The van der Waals surface area contributed by atoms with E-state index in [1.165, 1.54) is 19.3 Å². The fourth-order valence-electron chi connectivity index (χ4n) is 2.29. The first kappa shape index (κ1) is 19.2. The van der Waals surface area contributed by atoms with Crippen LogP contribution in [0.15, 0.2) is 43.0 Å². The van der Waals surface area contributed by atoms with Gasteiger partial charge in [-0.25, -0.2) is 4.79 Å². The number of carbonyl (C=O) groups is 1. The van der Waals surface area contributed by atoms with Gasteiger partial charge in [0.1, 0.15) is 24.6 Å². The lowest BCUT2D eigenvalue weighted by Crippen LogP contribution is -2.36. The van der Waals surface area contributed by atoms with E-state index >= 15 is 0 Å². The Morgan fingerprint density at radius 1 is 1.22 bits per heavy atom. The van der Waals surface area contributed by atoms with Crippen molar-refractivity contribution in [1.82, 2.24) is 0 Å². The number of para-hydroxylation sites is 1. The molecule has 1 rings (SSSR count). The number of esters is 1. The Morgan fingerprint density at radius 3 is 2.57 bits per heavy atom. The van der Waals surface area contributed by atoms with Gasteiger partial charge in [-0.1, -0.05) is 57.4 Å². The van der Waals surface area contributed by atoms with Crippen molar-refractivity contribution in [2.45, 2.75) is 57.7 Å². The molecule has 0 saturated carbocycles. The van der Waals surface area contributed by atoms with Gasteiger partial charge in [0.2, 0.25) is 0 Å². The SMILES string of the molecule is C=CC(=O)OCC(O)C(CCCCCCC)Oc1ccccc1. The molecule has 0 fully saturated rings. The molecule has 2 unspecified atom stereocenters. The van der Waals surface area contributed by atoms with Crippen LogP contribution in [0.25, 0.3) is 0 Å². The first-order valence-electron chi connectivity index (χ1n) is 8.36. The van der Waals surface area contributed by atoms with Gasteiger partial charge in [-0.05, 0) is 25.0 Å². The Balaban J connectivity index is 2.52. The molecule has 0 heterocycles. The van der Waals surface area contributed by atoms with Crippen molar-refractivity contribution in [3.05, 3.63) is 43.0 Å². The summed E-state index contributed by atoms with van der Waals surface area (Å²) in [4.78, 5) is 11.1. The van der Waals surface area contributed by atoms with Gasteiger partial charge in [-0.2, -0.15) is 0 Å². The number of unbranched alkanes of at least 4 members (excludes halogenated alkanes) is 4. The van der Waals surface area contributed by atoms with Crippen LogP contribution in [0.4, 0.5) is 0 Å². The maximum Gasteiger partial charge on any atom is 0.330 e. The Morgan fingerprint density at radius 2 is 1.91 bits per heavy atom. The molecule has 0 saturated heterocycles. The van der Waals surface area contributed by atoms with Crippen LogP contribution in [0, 0.1) is 0 Å². The molecule has 23 heavy (non-hydrogen) atoms. The second-order valence-corrected chi connectivity index (χ2v) is 5.57. The van der Waals surface area contributed by atoms with Crippen LogP contribution >= 0.6 is 0 Å². The van der Waals surface area contributed by atoms with Crippen LogP contribution in [0.5, 0.6) is 5.75 Å². The van der Waals surface area contributed by atoms with Crippen LogP contribution in [0.1, 0.15) is 45.4 Å². The zero-order valence-corrected chi connectivity index (χ0v) is 13.9. The molecule has 0 amide bonds. The molecule has 0 spiro atoms. The average molecular weight is 320 g/mol. The van der Waals surface area contributed by atoms with Gasteiger partial charge in [0, 0.05) is 6.08 Å². The van der Waals surface area contributed by atoms with Gasteiger partial charge >= 0.3 is 5.97 Å². The molecule has 1 N–H and O–H groups in total. The van der Waals surface area contributed by atoms with Gasteiger partial charge in [-0.15, -0.1) is 0 Å². The van der Waals surface area contributed by atoms with E-state index in [9.17, 15) is 9.90 Å². The molecule has 2 atom stereocenters. The van der Waals surface area contributed by atoms with Crippen molar-refractivity contribution in [3.63, 3.8) is 0 Å². The number of aliphatic hydroxyl groups is 1. The number of carbonyl (C=O) groups excluding carboxylic acids is 1. The Kier molecular flexibility index (Phi) is 9.80. The molecule has 1 aromatic carbocycles. The summed E-state index contributed by atoms with van der Waals surface area (Å²) in [5.74, 6) is 0.172. The number of hydrogen-bond donors (Lipinski definition) is 1. The fraction of sp³-hybridized carbons (Fsp3) is 0.526. The number of ether oxygens (including phenoxy) is 2. The van der Waals surface area contributed by atoms with Crippen molar-refractivity contribution in [2.24, 2.45) is 0 Å². The maximum atomic E-state index is 11.1. The minimum Gasteiger partial charge on any atom is -0.488 e. The molecule has 4 heteroatoms. The third kappa shape index (κ3) is 8.41. The van der Waals surface area contributed by atoms with E-state index in [-0.39, 0.29) is 6.61 Å². The predicted molar refractivity (Wildman–Crippen MR) is 91.4 cm³/mol. The molecule has 0 radical (unpaired) electrons. The molecular formula is C19H28O4. The highest BCUT2D eigenvalue weighted by atomic mass is 16.5. The minimum atomic E-state index is -0.856. The Bertz CT molecular complexity index is 444. The fourth-order valence-corrected chi connectivity index (χ4v) is 2.29. The average Bonchev–Trinajstić information content (AvgIpc) is 2.59. The summed E-state index contributed by atoms with van der Waals surface area (Å²) in [6.45, 7) is 5.44. The van der Waals surface area contributed by atoms with E-state index < -0.39 is 18.2 Å². The lowest BCUT2D eigenvalue weighted by atomic mass is 10.0. The Hall–Kier alpha value is -1.81. The number of benzene rings is 1. The summed E-state index contributed by atoms with van der Waals surface area (Å²) in [6.07, 6.45) is 6.27. The molecule has 128 valence electrons. The lowest BCUT2D eigenvalue weighted by Gasteiger charge is -2.24. The summed E-state index contributed by atoms with van der Waals surface area (Å²) in [5, 5.41) is 10.3. The van der Waals surface area contributed by atoms with E-state index in [1.807, 2.05) is 30.3 Å². The lowest BCUT2D eigenvalue weighted by molar-refractivity contribution is -0.142. The van der Waals surface area contributed by atoms with E-state index in [0.717, 1.165) is 25.3 Å². The third-order valence-corrected chi connectivity index (χ3v) is 3.62. The van der Waals surface area contributed by atoms with Crippen molar-refractivity contribution in [3.8, 4) is 5.75 Å². The largest absolute Gasteiger partial charge is 0.488 e. The topological polar surface area (TPSA) is 55.8 Å². The monoisotopic (exact) mass is 320 g/mol. The standard InChI is InChI=1S/C19H28O4/c1-3-5-6-7-11-14-18(17(20)15-22-19(21)4-2)23-16-12-9-8-10-13-16/h4,8-10,12-13,17-18,20H,2-3,5-7,11,14-15H2,1H3. The van der Waals surface area contributed by atoms with Gasteiger partial charge in [0.05, 0.1) is 0 Å². The zero-order chi connectivity index (χ0) is 16.9. The maximum absolute atomic E-state index is 11.1. The van der Waals surface area contributed by atoms with Crippen LogP contribution in [0.2, 0.25) is 0 Å². The van der Waals surface area contributed by atoms with Crippen molar-refractivity contribution < 1.29 is 19.4 Å². The van der Waals surface area contributed by atoms with E-state index in [0.29, 0.717) is 5.75 Å². The highest BCUT2D eigenvalue weighted by Crippen LogP contribution is 2.18. The highest BCUT2D eigenvalue weighted by molar-refractivity contribution is 5.81. The summed E-state index contributed by atoms with van der Waals surface area (Å²) in [5.41, 5.74) is 0.